The van der Waals surface area contributed by atoms with Crippen LogP contribution in [0.25, 0.3) is 0 Å². The lowest BCUT2D eigenvalue weighted by atomic mass is 9.91. The van der Waals surface area contributed by atoms with Gasteiger partial charge >= 0.3 is 0 Å². The lowest BCUT2D eigenvalue weighted by Crippen LogP contribution is -2.56. The van der Waals surface area contributed by atoms with Crippen molar-refractivity contribution in [1.82, 2.24) is 10.3 Å². The highest BCUT2D eigenvalue weighted by atomic mass is 16.2. The van der Waals surface area contributed by atoms with Crippen LogP contribution < -0.4 is 10.2 Å². The van der Waals surface area contributed by atoms with Gasteiger partial charge in [-0.1, -0.05) is 13.8 Å². The Hall–Kier alpha value is -1.91. The molecule has 2 rings (SSSR count). The molecule has 1 aromatic rings. The number of nitrogens with zero attached hydrogens (tertiary/aromatic N) is 2. The van der Waals surface area contributed by atoms with Gasteiger partial charge < -0.3 is 10.2 Å². The van der Waals surface area contributed by atoms with Gasteiger partial charge in [-0.2, -0.15) is 0 Å². The van der Waals surface area contributed by atoms with Crippen LogP contribution in [0.2, 0.25) is 0 Å². The second kappa shape index (κ2) is 5.61. The fraction of sp³-hybridized carbons (Fsp3) is 0.533. The smallest absolute Gasteiger partial charge is 0.252 e. The topological polar surface area (TPSA) is 62.3 Å². The van der Waals surface area contributed by atoms with Gasteiger partial charge in [-0.25, -0.2) is 0 Å². The monoisotopic (exact) mass is 275 g/mol. The SMILES string of the molecule is CCC1(CC)NC(=O)CCN(c2ccc(C)nc2)C1=O. The van der Waals surface area contributed by atoms with Gasteiger partial charge in [0.2, 0.25) is 5.91 Å². The molecule has 1 fully saturated rings. The van der Waals surface area contributed by atoms with Gasteiger partial charge in [-0.3, -0.25) is 14.6 Å². The minimum absolute atomic E-state index is 0.0426. The number of carbonyl (C=O) groups excluding carboxylic acids is 2. The quantitative estimate of drug-likeness (QED) is 0.915. The third kappa shape index (κ3) is 2.53. The number of nitrogens with one attached hydrogen (secondary N) is 1. The molecule has 0 aromatic carbocycles. The molecule has 0 unspecified atom stereocenters. The van der Waals surface area contributed by atoms with E-state index in [1.165, 1.54) is 0 Å². The summed E-state index contributed by atoms with van der Waals surface area (Å²) in [7, 11) is 0. The Bertz CT molecular complexity index is 506. The maximum absolute atomic E-state index is 12.8. The second-order valence-corrected chi connectivity index (χ2v) is 5.20. The zero-order valence-electron chi connectivity index (χ0n) is 12.3. The highest BCUT2D eigenvalue weighted by Gasteiger charge is 2.42. The number of amides is 2. The Labute approximate surface area is 119 Å². The fourth-order valence-corrected chi connectivity index (χ4v) is 2.55. The van der Waals surface area contributed by atoms with E-state index in [0.29, 0.717) is 25.8 Å². The number of aryl methyl sites for hydroxylation is 1. The Morgan fingerprint density at radius 3 is 2.55 bits per heavy atom. The Balaban J connectivity index is 2.39. The zero-order chi connectivity index (χ0) is 14.8. The predicted molar refractivity (Wildman–Crippen MR) is 77.4 cm³/mol. The molecule has 5 heteroatoms. The van der Waals surface area contributed by atoms with Crippen molar-refractivity contribution in [3.63, 3.8) is 0 Å². The summed E-state index contributed by atoms with van der Waals surface area (Å²) in [5.41, 5.74) is 0.865. The van der Waals surface area contributed by atoms with E-state index >= 15 is 0 Å². The molecule has 2 amide bonds. The Morgan fingerprint density at radius 1 is 1.30 bits per heavy atom. The summed E-state index contributed by atoms with van der Waals surface area (Å²) in [6.07, 6.45) is 3.19. The third-order valence-electron chi connectivity index (χ3n) is 4.01. The molecule has 0 radical (unpaired) electrons. The van der Waals surface area contributed by atoms with Crippen LogP contribution in [0.4, 0.5) is 5.69 Å². The minimum Gasteiger partial charge on any atom is -0.342 e. The van der Waals surface area contributed by atoms with Crippen LogP contribution in [0.3, 0.4) is 0 Å². The lowest BCUT2D eigenvalue weighted by molar-refractivity contribution is -0.130. The van der Waals surface area contributed by atoms with Crippen molar-refractivity contribution in [2.24, 2.45) is 0 Å². The van der Waals surface area contributed by atoms with E-state index in [4.69, 9.17) is 0 Å². The summed E-state index contributed by atoms with van der Waals surface area (Å²) in [4.78, 5) is 30.6. The highest BCUT2D eigenvalue weighted by molar-refractivity contribution is 6.04. The molecule has 2 heterocycles. The van der Waals surface area contributed by atoms with E-state index < -0.39 is 5.54 Å². The molecule has 0 spiro atoms. The molecule has 1 N–H and O–H groups in total. The summed E-state index contributed by atoms with van der Waals surface area (Å²) < 4.78 is 0. The molecule has 1 aliphatic rings. The van der Waals surface area contributed by atoms with Crippen molar-refractivity contribution in [3.8, 4) is 0 Å². The van der Waals surface area contributed by atoms with Gasteiger partial charge in [0, 0.05) is 18.7 Å². The summed E-state index contributed by atoms with van der Waals surface area (Å²) in [5, 5.41) is 2.90. The van der Waals surface area contributed by atoms with Crippen molar-refractivity contribution in [1.29, 1.82) is 0 Å². The number of aromatic nitrogens is 1. The molecule has 0 aliphatic carbocycles. The molecule has 1 saturated heterocycles. The van der Waals surface area contributed by atoms with Crippen molar-refractivity contribution >= 4 is 17.5 Å². The number of carbonyl (C=O) groups is 2. The van der Waals surface area contributed by atoms with Crippen molar-refractivity contribution in [3.05, 3.63) is 24.0 Å². The number of anilines is 1. The average Bonchev–Trinajstić information content (AvgIpc) is 2.58. The maximum Gasteiger partial charge on any atom is 0.252 e. The Kier molecular flexibility index (Phi) is 4.06. The van der Waals surface area contributed by atoms with Gasteiger partial charge in [-0.05, 0) is 31.9 Å². The summed E-state index contributed by atoms with van der Waals surface area (Å²) in [6.45, 7) is 6.16. The van der Waals surface area contributed by atoms with Crippen LogP contribution >= 0.6 is 0 Å². The third-order valence-corrected chi connectivity index (χ3v) is 4.01. The largest absolute Gasteiger partial charge is 0.342 e. The van der Waals surface area contributed by atoms with E-state index in [2.05, 4.69) is 10.3 Å². The molecule has 0 bridgehead atoms. The van der Waals surface area contributed by atoms with E-state index in [-0.39, 0.29) is 11.8 Å². The molecule has 0 atom stereocenters. The van der Waals surface area contributed by atoms with Crippen molar-refractivity contribution in [2.75, 3.05) is 11.4 Å². The molecular weight excluding hydrogens is 254 g/mol. The first-order valence-corrected chi connectivity index (χ1v) is 7.08. The van der Waals surface area contributed by atoms with Crippen LogP contribution in [-0.4, -0.2) is 28.9 Å². The van der Waals surface area contributed by atoms with Gasteiger partial charge in [0.25, 0.3) is 5.91 Å². The van der Waals surface area contributed by atoms with Crippen LogP contribution in [-0.2, 0) is 9.59 Å². The first kappa shape index (κ1) is 14.5. The van der Waals surface area contributed by atoms with Gasteiger partial charge in [-0.15, -0.1) is 0 Å². The number of pyridine rings is 1. The molecular formula is C15H21N3O2. The van der Waals surface area contributed by atoms with Gasteiger partial charge in [0.15, 0.2) is 0 Å². The minimum atomic E-state index is -0.793. The molecule has 0 saturated carbocycles. The molecule has 20 heavy (non-hydrogen) atoms. The number of rotatable bonds is 3. The van der Waals surface area contributed by atoms with Crippen molar-refractivity contribution < 1.29 is 9.59 Å². The van der Waals surface area contributed by atoms with Crippen LogP contribution in [0.15, 0.2) is 18.3 Å². The van der Waals surface area contributed by atoms with Crippen LogP contribution in [0, 0.1) is 6.92 Å². The zero-order valence-corrected chi connectivity index (χ0v) is 12.3. The van der Waals surface area contributed by atoms with Crippen molar-refractivity contribution in [2.45, 2.75) is 45.6 Å². The first-order chi connectivity index (χ1) is 9.52. The van der Waals surface area contributed by atoms with E-state index in [0.717, 1.165) is 11.4 Å². The van der Waals surface area contributed by atoms with Crippen LogP contribution in [0.5, 0.6) is 0 Å². The second-order valence-electron chi connectivity index (χ2n) is 5.20. The lowest BCUT2D eigenvalue weighted by Gasteiger charge is -2.33. The Morgan fingerprint density at radius 2 is 2.00 bits per heavy atom. The summed E-state index contributed by atoms with van der Waals surface area (Å²) in [6, 6.07) is 3.76. The summed E-state index contributed by atoms with van der Waals surface area (Å²) in [5.74, 6) is -0.108. The normalized spacial score (nSPS) is 18.6. The molecule has 5 nitrogen and oxygen atoms in total. The average molecular weight is 275 g/mol. The highest BCUT2D eigenvalue weighted by Crippen LogP contribution is 2.25. The standard InChI is InChI=1S/C15H21N3O2/c1-4-15(5-2)14(20)18(9-8-13(19)17-15)12-7-6-11(3)16-10-12/h6-7,10H,4-5,8-9H2,1-3H3,(H,17,19). The van der Waals surface area contributed by atoms with E-state index in [1.54, 1.807) is 11.1 Å². The number of hydrogen-bond donors (Lipinski definition) is 1. The maximum atomic E-state index is 12.8. The molecule has 1 aromatic heterocycles. The van der Waals surface area contributed by atoms with Crippen LogP contribution in [0.1, 0.15) is 38.8 Å². The summed E-state index contributed by atoms with van der Waals surface area (Å²) >= 11 is 0. The fourth-order valence-electron chi connectivity index (χ4n) is 2.55. The van der Waals surface area contributed by atoms with Gasteiger partial charge in [0.05, 0.1) is 11.9 Å². The first-order valence-electron chi connectivity index (χ1n) is 7.08. The van der Waals surface area contributed by atoms with Gasteiger partial charge in [0.1, 0.15) is 5.54 Å². The van der Waals surface area contributed by atoms with E-state index in [9.17, 15) is 9.59 Å². The van der Waals surface area contributed by atoms with E-state index in [1.807, 2.05) is 32.9 Å². The number of hydrogen-bond acceptors (Lipinski definition) is 3. The molecule has 1 aliphatic heterocycles. The molecule has 108 valence electrons. The predicted octanol–water partition coefficient (Wildman–Crippen LogP) is 1.80.